The molecule has 2 aromatic rings. The summed E-state index contributed by atoms with van der Waals surface area (Å²) in [7, 11) is 0. The maximum atomic E-state index is 12.5. The molecule has 0 spiro atoms. The number of hydrogen-bond acceptors (Lipinski definition) is 3. The highest BCUT2D eigenvalue weighted by molar-refractivity contribution is 5.93. The molecule has 0 aliphatic heterocycles. The van der Waals surface area contributed by atoms with E-state index in [9.17, 15) is 4.79 Å². The van der Waals surface area contributed by atoms with Crippen LogP contribution in [-0.2, 0) is 13.0 Å². The smallest absolute Gasteiger partial charge is 0.257 e. The summed E-state index contributed by atoms with van der Waals surface area (Å²) in [6.45, 7) is 4.44. The van der Waals surface area contributed by atoms with Gasteiger partial charge in [-0.3, -0.25) is 9.48 Å². The van der Waals surface area contributed by atoms with Gasteiger partial charge in [-0.1, -0.05) is 30.3 Å². The fourth-order valence-corrected chi connectivity index (χ4v) is 2.21. The van der Waals surface area contributed by atoms with Gasteiger partial charge in [0.05, 0.1) is 11.8 Å². The van der Waals surface area contributed by atoms with Crippen LogP contribution in [0, 0.1) is 0 Å². The van der Waals surface area contributed by atoms with Crippen molar-refractivity contribution in [1.29, 1.82) is 0 Å². The van der Waals surface area contributed by atoms with Crippen LogP contribution in [-0.4, -0.2) is 40.2 Å². The van der Waals surface area contributed by atoms with Crippen LogP contribution in [0.3, 0.4) is 0 Å². The van der Waals surface area contributed by atoms with Crippen molar-refractivity contribution >= 4 is 18.3 Å². The molecular formula is C16H23ClN4O. The lowest BCUT2D eigenvalue weighted by molar-refractivity contribution is 0.0762. The van der Waals surface area contributed by atoms with Crippen LogP contribution < -0.4 is 5.73 Å². The van der Waals surface area contributed by atoms with E-state index in [1.807, 2.05) is 25.1 Å². The number of aromatic nitrogens is 2. The van der Waals surface area contributed by atoms with E-state index in [0.717, 1.165) is 13.0 Å². The monoisotopic (exact) mass is 322 g/mol. The lowest BCUT2D eigenvalue weighted by Gasteiger charge is -2.21. The first-order valence-corrected chi connectivity index (χ1v) is 7.30. The standard InChI is InChI=1S/C16H22N4O.ClH/c1-2-20-13-15(12-18-20)16(21)19(11-9-17)10-8-14-6-4-3-5-7-14;/h3-7,12-13H,2,8-11,17H2,1H3;1H. The molecule has 0 fully saturated rings. The van der Waals surface area contributed by atoms with Crippen molar-refractivity contribution in [2.24, 2.45) is 5.73 Å². The van der Waals surface area contributed by atoms with Gasteiger partial charge >= 0.3 is 0 Å². The molecule has 0 aliphatic rings. The number of nitrogens with two attached hydrogens (primary N) is 1. The predicted molar refractivity (Wildman–Crippen MR) is 90.3 cm³/mol. The Morgan fingerprint density at radius 1 is 1.27 bits per heavy atom. The molecule has 5 nitrogen and oxygen atoms in total. The average Bonchev–Trinajstić information content (AvgIpc) is 3.01. The molecule has 1 aromatic heterocycles. The molecule has 120 valence electrons. The lowest BCUT2D eigenvalue weighted by Crippen LogP contribution is -2.36. The Morgan fingerprint density at radius 2 is 2.00 bits per heavy atom. The summed E-state index contributed by atoms with van der Waals surface area (Å²) in [5, 5.41) is 4.15. The molecule has 0 saturated heterocycles. The van der Waals surface area contributed by atoms with Crippen molar-refractivity contribution in [3.8, 4) is 0 Å². The first kappa shape index (κ1) is 18.2. The number of aryl methyl sites for hydroxylation is 1. The zero-order chi connectivity index (χ0) is 15.1. The fraction of sp³-hybridized carbons (Fsp3) is 0.375. The maximum absolute atomic E-state index is 12.5. The van der Waals surface area contributed by atoms with Gasteiger partial charge in [0.2, 0.25) is 0 Å². The second-order valence-corrected chi connectivity index (χ2v) is 4.90. The lowest BCUT2D eigenvalue weighted by atomic mass is 10.1. The summed E-state index contributed by atoms with van der Waals surface area (Å²) in [4.78, 5) is 14.3. The molecule has 1 heterocycles. The fourth-order valence-electron chi connectivity index (χ4n) is 2.21. The number of benzene rings is 1. The summed E-state index contributed by atoms with van der Waals surface area (Å²) in [6.07, 6.45) is 4.24. The summed E-state index contributed by atoms with van der Waals surface area (Å²) in [5.41, 5.74) is 7.47. The number of carbonyl (C=O) groups excluding carboxylic acids is 1. The summed E-state index contributed by atoms with van der Waals surface area (Å²) >= 11 is 0. The van der Waals surface area contributed by atoms with Crippen molar-refractivity contribution in [2.45, 2.75) is 19.9 Å². The second-order valence-electron chi connectivity index (χ2n) is 4.90. The van der Waals surface area contributed by atoms with Crippen LogP contribution in [0.2, 0.25) is 0 Å². The number of carbonyl (C=O) groups is 1. The van der Waals surface area contributed by atoms with Crippen LogP contribution in [0.15, 0.2) is 42.7 Å². The quantitative estimate of drug-likeness (QED) is 0.847. The molecule has 0 unspecified atom stereocenters. The number of hydrogen-bond donors (Lipinski definition) is 1. The van der Waals surface area contributed by atoms with Gasteiger partial charge in [-0.05, 0) is 18.9 Å². The van der Waals surface area contributed by atoms with E-state index in [1.54, 1.807) is 22.0 Å². The molecule has 0 aliphatic carbocycles. The van der Waals surface area contributed by atoms with Gasteiger partial charge in [-0.15, -0.1) is 12.4 Å². The summed E-state index contributed by atoms with van der Waals surface area (Å²) < 4.78 is 1.76. The van der Waals surface area contributed by atoms with Crippen LogP contribution in [0.25, 0.3) is 0 Å². The largest absolute Gasteiger partial charge is 0.337 e. The number of rotatable bonds is 7. The van der Waals surface area contributed by atoms with Gasteiger partial charge in [-0.2, -0.15) is 5.10 Å². The van der Waals surface area contributed by atoms with E-state index in [-0.39, 0.29) is 18.3 Å². The van der Waals surface area contributed by atoms with Crippen LogP contribution in [0.4, 0.5) is 0 Å². The normalized spacial score (nSPS) is 10.1. The zero-order valence-electron chi connectivity index (χ0n) is 12.8. The zero-order valence-corrected chi connectivity index (χ0v) is 13.6. The second kappa shape index (κ2) is 9.23. The maximum Gasteiger partial charge on any atom is 0.257 e. The average molecular weight is 323 g/mol. The van der Waals surface area contributed by atoms with E-state index in [1.165, 1.54) is 5.56 Å². The molecule has 1 aromatic carbocycles. The molecule has 6 heteroatoms. The Labute approximate surface area is 137 Å². The third-order valence-corrected chi connectivity index (χ3v) is 3.40. The van der Waals surface area contributed by atoms with E-state index in [4.69, 9.17) is 5.73 Å². The Hall–Kier alpha value is -1.85. The molecule has 1 amide bonds. The van der Waals surface area contributed by atoms with Gasteiger partial charge in [0.1, 0.15) is 0 Å². The molecule has 2 N–H and O–H groups in total. The molecule has 0 radical (unpaired) electrons. The van der Waals surface area contributed by atoms with Crippen molar-refractivity contribution in [3.05, 3.63) is 53.9 Å². The van der Waals surface area contributed by atoms with E-state index >= 15 is 0 Å². The third kappa shape index (κ3) is 4.86. The molecular weight excluding hydrogens is 300 g/mol. The number of halogens is 1. The minimum atomic E-state index is -0.00363. The highest BCUT2D eigenvalue weighted by atomic mass is 35.5. The third-order valence-electron chi connectivity index (χ3n) is 3.40. The van der Waals surface area contributed by atoms with Gasteiger partial charge in [-0.25, -0.2) is 0 Å². The summed E-state index contributed by atoms with van der Waals surface area (Å²) in [6, 6.07) is 10.2. The van der Waals surface area contributed by atoms with Gasteiger partial charge < -0.3 is 10.6 Å². The van der Waals surface area contributed by atoms with Gasteiger partial charge in [0.15, 0.2) is 0 Å². The predicted octanol–water partition coefficient (Wildman–Crippen LogP) is 1.97. The Morgan fingerprint density at radius 3 is 2.59 bits per heavy atom. The van der Waals surface area contributed by atoms with Crippen LogP contribution in [0.5, 0.6) is 0 Å². The Bertz CT molecular complexity index is 571. The van der Waals surface area contributed by atoms with Crippen molar-refractivity contribution < 1.29 is 4.79 Å². The van der Waals surface area contributed by atoms with Crippen molar-refractivity contribution in [2.75, 3.05) is 19.6 Å². The number of nitrogens with zero attached hydrogens (tertiary/aromatic N) is 3. The SMILES string of the molecule is CCn1cc(C(=O)N(CCN)CCc2ccccc2)cn1.Cl. The van der Waals surface area contributed by atoms with E-state index in [0.29, 0.717) is 25.2 Å². The molecule has 2 rings (SSSR count). The minimum Gasteiger partial charge on any atom is -0.337 e. The minimum absolute atomic E-state index is 0. The van der Waals surface area contributed by atoms with Crippen molar-refractivity contribution in [1.82, 2.24) is 14.7 Å². The van der Waals surface area contributed by atoms with E-state index in [2.05, 4.69) is 17.2 Å². The molecule has 0 saturated carbocycles. The van der Waals surface area contributed by atoms with Crippen LogP contribution >= 0.6 is 12.4 Å². The highest BCUT2D eigenvalue weighted by Crippen LogP contribution is 2.07. The van der Waals surface area contributed by atoms with Gasteiger partial charge in [0.25, 0.3) is 5.91 Å². The van der Waals surface area contributed by atoms with E-state index < -0.39 is 0 Å². The molecule has 22 heavy (non-hydrogen) atoms. The molecule has 0 bridgehead atoms. The highest BCUT2D eigenvalue weighted by Gasteiger charge is 2.16. The number of amides is 1. The first-order chi connectivity index (χ1) is 10.2. The summed E-state index contributed by atoms with van der Waals surface area (Å²) in [5.74, 6) is -0.00363. The Kier molecular flexibility index (Phi) is 7.63. The Balaban J connectivity index is 0.00000242. The van der Waals surface area contributed by atoms with Crippen LogP contribution in [0.1, 0.15) is 22.8 Å². The van der Waals surface area contributed by atoms with Gasteiger partial charge in [0, 0.05) is 32.4 Å². The topological polar surface area (TPSA) is 64.2 Å². The molecule has 0 atom stereocenters. The van der Waals surface area contributed by atoms with Crippen molar-refractivity contribution in [3.63, 3.8) is 0 Å². The first-order valence-electron chi connectivity index (χ1n) is 7.30.